The smallest absolute Gasteiger partial charge is 0.261 e. The number of aromatic nitrogens is 1. The van der Waals surface area contributed by atoms with E-state index in [0.717, 1.165) is 47.4 Å². The molecule has 0 fully saturated rings. The van der Waals surface area contributed by atoms with E-state index in [4.69, 9.17) is 11.6 Å². The summed E-state index contributed by atoms with van der Waals surface area (Å²) in [5, 5.41) is 6.13. The summed E-state index contributed by atoms with van der Waals surface area (Å²) in [7, 11) is 0. The Morgan fingerprint density at radius 3 is 2.50 bits per heavy atom. The van der Waals surface area contributed by atoms with E-state index in [2.05, 4.69) is 34.4 Å². The highest BCUT2D eigenvalue weighted by molar-refractivity contribution is 7.18. The molecule has 0 aliphatic rings. The Morgan fingerprint density at radius 1 is 1.12 bits per heavy atom. The van der Waals surface area contributed by atoms with Gasteiger partial charge in [0.15, 0.2) is 0 Å². The van der Waals surface area contributed by atoms with Gasteiger partial charge in [-0.15, -0.1) is 11.3 Å². The molecule has 32 heavy (non-hydrogen) atoms. The number of anilines is 2. The molecule has 3 aromatic rings. The summed E-state index contributed by atoms with van der Waals surface area (Å²) >= 11 is 7.11. The zero-order chi connectivity index (χ0) is 23.3. The molecule has 1 aromatic carbocycles. The number of pyridine rings is 1. The van der Waals surface area contributed by atoms with Crippen LogP contribution in [-0.4, -0.2) is 29.9 Å². The number of hydrogen-bond acceptors (Lipinski definition) is 5. The van der Waals surface area contributed by atoms with Crippen molar-refractivity contribution in [2.75, 3.05) is 23.3 Å². The summed E-state index contributed by atoms with van der Waals surface area (Å²) in [4.78, 5) is 32.2. The lowest BCUT2D eigenvalue weighted by Gasteiger charge is -2.19. The lowest BCUT2D eigenvalue weighted by Crippen LogP contribution is -2.24. The van der Waals surface area contributed by atoms with E-state index < -0.39 is 11.7 Å². The topological polar surface area (TPSA) is 74.3 Å². The van der Waals surface area contributed by atoms with E-state index in [1.807, 2.05) is 12.1 Å². The maximum Gasteiger partial charge on any atom is 0.261 e. The maximum absolute atomic E-state index is 13.2. The molecule has 2 aromatic heterocycles. The van der Waals surface area contributed by atoms with Gasteiger partial charge >= 0.3 is 0 Å². The molecule has 0 saturated heterocycles. The summed E-state index contributed by atoms with van der Waals surface area (Å²) in [5.41, 5.74) is 1.79. The van der Waals surface area contributed by atoms with Crippen molar-refractivity contribution in [1.29, 1.82) is 0 Å². The van der Waals surface area contributed by atoms with Gasteiger partial charge in [0.05, 0.1) is 20.5 Å². The molecule has 6 nitrogen and oxygen atoms in total. The predicted molar refractivity (Wildman–Crippen MR) is 127 cm³/mol. The molecule has 0 spiro atoms. The van der Waals surface area contributed by atoms with Crippen molar-refractivity contribution in [3.63, 3.8) is 0 Å². The summed E-state index contributed by atoms with van der Waals surface area (Å²) < 4.78 is 13.2. The SMILES string of the molecule is CCN(CC)c1ccc(CNC(=O)c2sc(NC(=O)c3ccc(F)cc3Cl)cc2C)cn1. The second kappa shape index (κ2) is 10.6. The predicted octanol–water partition coefficient (Wildman–Crippen LogP) is 5.27. The first-order valence-corrected chi connectivity index (χ1v) is 11.4. The number of nitrogens with one attached hydrogen (secondary N) is 2. The van der Waals surface area contributed by atoms with Crippen LogP contribution in [-0.2, 0) is 6.54 Å². The Kier molecular flexibility index (Phi) is 7.82. The summed E-state index contributed by atoms with van der Waals surface area (Å²) in [5.74, 6) is -0.320. The van der Waals surface area contributed by atoms with Crippen LogP contribution in [0.25, 0.3) is 0 Å². The summed E-state index contributed by atoms with van der Waals surface area (Å²) in [6.07, 6.45) is 1.76. The Hall–Kier alpha value is -2.97. The van der Waals surface area contributed by atoms with Gasteiger partial charge in [-0.25, -0.2) is 9.37 Å². The fraction of sp³-hybridized carbons (Fsp3) is 0.261. The van der Waals surface area contributed by atoms with Crippen LogP contribution in [0.4, 0.5) is 15.2 Å². The first-order valence-electron chi connectivity index (χ1n) is 10.2. The number of aryl methyl sites for hydroxylation is 1. The third-order valence-electron chi connectivity index (χ3n) is 4.89. The van der Waals surface area contributed by atoms with Crippen molar-refractivity contribution in [3.8, 4) is 0 Å². The van der Waals surface area contributed by atoms with Gasteiger partial charge in [0.2, 0.25) is 0 Å². The summed E-state index contributed by atoms with van der Waals surface area (Å²) in [6.45, 7) is 8.05. The van der Waals surface area contributed by atoms with Crippen LogP contribution in [0.15, 0.2) is 42.6 Å². The molecule has 0 aliphatic carbocycles. The Labute approximate surface area is 195 Å². The van der Waals surface area contributed by atoms with E-state index in [-0.39, 0.29) is 16.5 Å². The van der Waals surface area contributed by atoms with E-state index in [0.29, 0.717) is 16.4 Å². The van der Waals surface area contributed by atoms with Crippen molar-refractivity contribution in [2.45, 2.75) is 27.3 Å². The Morgan fingerprint density at radius 2 is 1.88 bits per heavy atom. The van der Waals surface area contributed by atoms with Crippen molar-refractivity contribution < 1.29 is 14.0 Å². The molecule has 2 N–H and O–H groups in total. The van der Waals surface area contributed by atoms with Crippen LogP contribution in [0.2, 0.25) is 5.02 Å². The number of benzene rings is 1. The van der Waals surface area contributed by atoms with Crippen molar-refractivity contribution in [2.24, 2.45) is 0 Å². The van der Waals surface area contributed by atoms with Crippen molar-refractivity contribution in [3.05, 3.63) is 75.0 Å². The highest BCUT2D eigenvalue weighted by Crippen LogP contribution is 2.28. The lowest BCUT2D eigenvalue weighted by atomic mass is 10.2. The molecule has 3 rings (SSSR count). The zero-order valence-corrected chi connectivity index (χ0v) is 19.6. The van der Waals surface area contributed by atoms with Gasteiger partial charge in [-0.05, 0) is 62.2 Å². The zero-order valence-electron chi connectivity index (χ0n) is 18.0. The van der Waals surface area contributed by atoms with Gasteiger partial charge in [0, 0.05) is 25.8 Å². The van der Waals surface area contributed by atoms with E-state index >= 15 is 0 Å². The van der Waals surface area contributed by atoms with Crippen LogP contribution < -0.4 is 15.5 Å². The largest absolute Gasteiger partial charge is 0.357 e. The van der Waals surface area contributed by atoms with Gasteiger partial charge in [-0.1, -0.05) is 17.7 Å². The highest BCUT2D eigenvalue weighted by atomic mass is 35.5. The van der Waals surface area contributed by atoms with Gasteiger partial charge in [-0.2, -0.15) is 0 Å². The first-order chi connectivity index (χ1) is 15.3. The normalized spacial score (nSPS) is 10.7. The van der Waals surface area contributed by atoms with Crippen LogP contribution in [0, 0.1) is 12.7 Å². The second-order valence-corrected chi connectivity index (χ2v) is 8.54. The third kappa shape index (κ3) is 5.63. The van der Waals surface area contributed by atoms with E-state index in [9.17, 15) is 14.0 Å². The maximum atomic E-state index is 13.2. The molecular weight excluding hydrogens is 451 g/mol. The third-order valence-corrected chi connectivity index (χ3v) is 6.35. The standard InChI is InChI=1S/C23H24ClFN4O2S/c1-4-29(5-2)19-9-6-15(12-26-19)13-27-23(31)21-14(3)10-20(32-21)28-22(30)17-8-7-16(25)11-18(17)24/h6-12H,4-5,13H2,1-3H3,(H,27,31)(H,28,30). The monoisotopic (exact) mass is 474 g/mol. The number of carbonyl (C=O) groups is 2. The van der Waals surface area contributed by atoms with Gasteiger partial charge in [0.25, 0.3) is 11.8 Å². The molecule has 2 heterocycles. The quantitative estimate of drug-likeness (QED) is 0.466. The highest BCUT2D eigenvalue weighted by Gasteiger charge is 2.17. The average Bonchev–Trinajstić information content (AvgIpc) is 3.13. The Balaban J connectivity index is 1.62. The molecule has 168 valence electrons. The van der Waals surface area contributed by atoms with Gasteiger partial charge in [0.1, 0.15) is 11.6 Å². The lowest BCUT2D eigenvalue weighted by molar-refractivity contribution is 0.0953. The van der Waals surface area contributed by atoms with Crippen LogP contribution in [0.1, 0.15) is 45.0 Å². The molecule has 9 heteroatoms. The number of rotatable bonds is 8. The molecule has 0 saturated carbocycles. The minimum absolute atomic E-state index is 0.0226. The number of halogens is 2. The van der Waals surface area contributed by atoms with Crippen molar-refractivity contribution >= 4 is 45.6 Å². The number of thiophene rings is 1. The number of carbonyl (C=O) groups excluding carboxylic acids is 2. The molecular formula is C23H24ClFN4O2S. The molecule has 2 amide bonds. The molecule has 0 aliphatic heterocycles. The van der Waals surface area contributed by atoms with Crippen LogP contribution >= 0.6 is 22.9 Å². The van der Waals surface area contributed by atoms with E-state index in [1.54, 1.807) is 19.2 Å². The minimum Gasteiger partial charge on any atom is -0.357 e. The second-order valence-electron chi connectivity index (χ2n) is 7.08. The molecule has 0 unspecified atom stereocenters. The number of nitrogens with zero attached hydrogens (tertiary/aromatic N) is 2. The first kappa shape index (κ1) is 23.7. The molecule has 0 radical (unpaired) electrons. The van der Waals surface area contributed by atoms with Gasteiger partial charge < -0.3 is 15.5 Å². The van der Waals surface area contributed by atoms with E-state index in [1.165, 1.54) is 12.1 Å². The van der Waals surface area contributed by atoms with Crippen molar-refractivity contribution in [1.82, 2.24) is 10.3 Å². The Bertz CT molecular complexity index is 1110. The number of hydrogen-bond donors (Lipinski definition) is 2. The summed E-state index contributed by atoms with van der Waals surface area (Å²) in [6, 6.07) is 9.18. The molecule has 0 atom stereocenters. The fourth-order valence-electron chi connectivity index (χ4n) is 3.14. The number of amides is 2. The minimum atomic E-state index is -0.518. The van der Waals surface area contributed by atoms with Gasteiger partial charge in [-0.3, -0.25) is 9.59 Å². The van der Waals surface area contributed by atoms with Crippen LogP contribution in [0.5, 0.6) is 0 Å². The molecule has 0 bridgehead atoms. The fourth-order valence-corrected chi connectivity index (χ4v) is 4.38. The average molecular weight is 475 g/mol. The van der Waals surface area contributed by atoms with Crippen LogP contribution in [0.3, 0.4) is 0 Å².